The van der Waals surface area contributed by atoms with E-state index in [1.54, 1.807) is 0 Å². The molecule has 2 aliphatic heterocycles. The molecule has 2 atom stereocenters. The molecule has 2 bridgehead atoms. The Labute approximate surface area is 171 Å². The average Bonchev–Trinajstić information content (AvgIpc) is 3.44. The standard InChI is InChI=1S/C22H27N7/c1-3-16-10-21(27-26-16)24-20-11-17(9-15-7-5-4-6-8-15)23-22(25-20)29-14-18-12-19(29)13-28(18)2/h4-8,10-11,18-19H,3,9,12-14H2,1-2H3,(H2,23,24,25,26,27)/t18-,19-/m0/s1. The van der Waals surface area contributed by atoms with Gasteiger partial charge in [-0.25, -0.2) is 4.98 Å². The number of aromatic nitrogens is 4. The predicted octanol–water partition coefficient (Wildman–Crippen LogP) is 2.99. The number of likely N-dealkylation sites (N-methyl/N-ethyl adjacent to an activating group) is 1. The molecule has 0 unspecified atom stereocenters. The highest BCUT2D eigenvalue weighted by Gasteiger charge is 2.42. The highest BCUT2D eigenvalue weighted by atomic mass is 15.4. The summed E-state index contributed by atoms with van der Waals surface area (Å²) in [7, 11) is 2.21. The summed E-state index contributed by atoms with van der Waals surface area (Å²) in [6.07, 6.45) is 2.91. The van der Waals surface area contributed by atoms with Crippen LogP contribution >= 0.6 is 0 Å². The van der Waals surface area contributed by atoms with Gasteiger partial charge < -0.3 is 10.2 Å². The van der Waals surface area contributed by atoms with E-state index in [0.29, 0.717) is 12.1 Å². The molecule has 1 aromatic carbocycles. The molecule has 7 heteroatoms. The predicted molar refractivity (Wildman–Crippen MR) is 115 cm³/mol. The second-order valence-corrected chi connectivity index (χ2v) is 8.10. The molecule has 7 nitrogen and oxygen atoms in total. The fourth-order valence-corrected chi connectivity index (χ4v) is 4.42. The molecule has 2 saturated heterocycles. The van der Waals surface area contributed by atoms with Crippen LogP contribution in [0.4, 0.5) is 17.6 Å². The molecule has 0 aliphatic carbocycles. The third kappa shape index (κ3) is 3.70. The van der Waals surface area contributed by atoms with E-state index in [1.165, 1.54) is 12.0 Å². The van der Waals surface area contributed by atoms with Gasteiger partial charge in [0.2, 0.25) is 5.95 Å². The Morgan fingerprint density at radius 2 is 1.93 bits per heavy atom. The number of aromatic amines is 1. The van der Waals surface area contributed by atoms with Crippen LogP contribution < -0.4 is 10.2 Å². The van der Waals surface area contributed by atoms with Crippen LogP contribution in [0.3, 0.4) is 0 Å². The maximum atomic E-state index is 4.95. The smallest absolute Gasteiger partial charge is 0.227 e. The van der Waals surface area contributed by atoms with Gasteiger partial charge in [-0.3, -0.25) is 10.00 Å². The van der Waals surface area contributed by atoms with Crippen molar-refractivity contribution in [1.29, 1.82) is 0 Å². The van der Waals surface area contributed by atoms with Crippen LogP contribution in [0, 0.1) is 0 Å². The van der Waals surface area contributed by atoms with E-state index in [4.69, 9.17) is 9.97 Å². The number of hydrogen-bond donors (Lipinski definition) is 2. The Morgan fingerprint density at radius 3 is 2.62 bits per heavy atom. The van der Waals surface area contributed by atoms with Crippen LogP contribution in [0.1, 0.15) is 30.3 Å². The molecular formula is C22H27N7. The number of benzene rings is 1. The summed E-state index contributed by atoms with van der Waals surface area (Å²) in [4.78, 5) is 14.6. The lowest BCUT2D eigenvalue weighted by atomic mass is 10.1. The fraction of sp³-hybridized carbons (Fsp3) is 0.409. The van der Waals surface area contributed by atoms with Gasteiger partial charge in [0.1, 0.15) is 5.82 Å². The molecule has 0 spiro atoms. The Hall–Kier alpha value is -2.93. The van der Waals surface area contributed by atoms with E-state index in [2.05, 4.69) is 63.6 Å². The first-order chi connectivity index (χ1) is 14.2. The maximum Gasteiger partial charge on any atom is 0.227 e. The maximum absolute atomic E-state index is 4.95. The zero-order valence-corrected chi connectivity index (χ0v) is 17.0. The molecule has 5 rings (SSSR count). The second-order valence-electron chi connectivity index (χ2n) is 8.10. The number of likely N-dealkylation sites (tertiary alicyclic amines) is 1. The van der Waals surface area contributed by atoms with Gasteiger partial charge in [0.15, 0.2) is 5.82 Å². The second kappa shape index (κ2) is 7.48. The van der Waals surface area contributed by atoms with Crippen molar-refractivity contribution in [2.45, 2.75) is 38.3 Å². The Morgan fingerprint density at radius 1 is 1.07 bits per heavy atom. The van der Waals surface area contributed by atoms with Gasteiger partial charge in [-0.2, -0.15) is 10.1 Å². The molecule has 3 aromatic rings. The number of nitrogens with one attached hydrogen (secondary N) is 2. The molecule has 2 N–H and O–H groups in total. The van der Waals surface area contributed by atoms with Crippen molar-refractivity contribution in [3.05, 3.63) is 59.4 Å². The molecule has 29 heavy (non-hydrogen) atoms. The minimum atomic E-state index is 0.502. The molecule has 2 fully saturated rings. The lowest BCUT2D eigenvalue weighted by molar-refractivity contribution is 0.291. The van der Waals surface area contributed by atoms with E-state index in [0.717, 1.165) is 54.9 Å². The van der Waals surface area contributed by atoms with Gasteiger partial charge >= 0.3 is 0 Å². The third-order valence-electron chi connectivity index (χ3n) is 6.03. The number of piperazine rings is 1. The quantitative estimate of drug-likeness (QED) is 0.675. The van der Waals surface area contributed by atoms with Gasteiger partial charge in [-0.05, 0) is 25.5 Å². The highest BCUT2D eigenvalue weighted by Crippen LogP contribution is 2.33. The SMILES string of the molecule is CCc1cc(Nc2cc(Cc3ccccc3)nc(N3C[C@@H]4C[C@H]3CN4C)n2)n[nH]1. The summed E-state index contributed by atoms with van der Waals surface area (Å²) in [5, 5.41) is 10.8. The zero-order valence-electron chi connectivity index (χ0n) is 17.0. The van der Waals surface area contributed by atoms with Crippen LogP contribution in [0.2, 0.25) is 0 Å². The third-order valence-corrected chi connectivity index (χ3v) is 6.03. The van der Waals surface area contributed by atoms with Gasteiger partial charge in [-0.15, -0.1) is 0 Å². The van der Waals surface area contributed by atoms with Crippen molar-refractivity contribution in [2.24, 2.45) is 0 Å². The highest BCUT2D eigenvalue weighted by molar-refractivity contribution is 5.55. The number of fused-ring (bicyclic) bond motifs is 2. The minimum absolute atomic E-state index is 0.502. The van der Waals surface area contributed by atoms with Crippen LogP contribution in [-0.4, -0.2) is 57.3 Å². The van der Waals surface area contributed by atoms with Crippen LogP contribution in [-0.2, 0) is 12.8 Å². The van der Waals surface area contributed by atoms with Crippen molar-refractivity contribution >= 4 is 17.6 Å². The van der Waals surface area contributed by atoms with Crippen molar-refractivity contribution in [3.63, 3.8) is 0 Å². The first-order valence-corrected chi connectivity index (χ1v) is 10.4. The summed E-state index contributed by atoms with van der Waals surface area (Å²) >= 11 is 0. The van der Waals surface area contributed by atoms with Crippen molar-refractivity contribution in [1.82, 2.24) is 25.1 Å². The minimum Gasteiger partial charge on any atom is -0.335 e. The van der Waals surface area contributed by atoms with Gasteiger partial charge in [-0.1, -0.05) is 37.3 Å². The zero-order chi connectivity index (χ0) is 19.8. The normalized spacial score (nSPS) is 21.1. The molecule has 4 heterocycles. The fourth-order valence-electron chi connectivity index (χ4n) is 4.42. The molecular weight excluding hydrogens is 362 g/mol. The Balaban J connectivity index is 1.45. The number of aryl methyl sites for hydroxylation is 1. The van der Waals surface area contributed by atoms with Crippen LogP contribution in [0.15, 0.2) is 42.5 Å². The molecule has 0 saturated carbocycles. The monoisotopic (exact) mass is 389 g/mol. The lowest BCUT2D eigenvalue weighted by Crippen LogP contribution is -2.45. The molecule has 150 valence electrons. The summed E-state index contributed by atoms with van der Waals surface area (Å²) in [6, 6.07) is 15.7. The lowest BCUT2D eigenvalue weighted by Gasteiger charge is -2.32. The summed E-state index contributed by atoms with van der Waals surface area (Å²) in [5.74, 6) is 2.42. The van der Waals surface area contributed by atoms with Crippen molar-refractivity contribution in [3.8, 4) is 0 Å². The first kappa shape index (κ1) is 18.1. The van der Waals surface area contributed by atoms with Crippen LogP contribution in [0.5, 0.6) is 0 Å². The largest absolute Gasteiger partial charge is 0.335 e. The van der Waals surface area contributed by atoms with Gasteiger partial charge in [0.25, 0.3) is 0 Å². The van der Waals surface area contributed by atoms with E-state index in [1.807, 2.05) is 18.2 Å². The molecule has 0 amide bonds. The molecule has 0 radical (unpaired) electrons. The summed E-state index contributed by atoms with van der Waals surface area (Å²) < 4.78 is 0. The van der Waals surface area contributed by atoms with E-state index in [9.17, 15) is 0 Å². The van der Waals surface area contributed by atoms with Gasteiger partial charge in [0, 0.05) is 49.4 Å². The molecule has 2 aromatic heterocycles. The average molecular weight is 390 g/mol. The van der Waals surface area contributed by atoms with E-state index < -0.39 is 0 Å². The Bertz CT molecular complexity index is 982. The van der Waals surface area contributed by atoms with E-state index in [-0.39, 0.29) is 0 Å². The summed E-state index contributed by atoms with van der Waals surface area (Å²) in [5.41, 5.74) is 3.37. The number of anilines is 3. The first-order valence-electron chi connectivity index (χ1n) is 10.4. The number of rotatable bonds is 6. The van der Waals surface area contributed by atoms with Crippen molar-refractivity contribution in [2.75, 3.05) is 30.4 Å². The number of H-pyrrole nitrogens is 1. The van der Waals surface area contributed by atoms with E-state index >= 15 is 0 Å². The number of hydrogen-bond acceptors (Lipinski definition) is 6. The van der Waals surface area contributed by atoms with Crippen molar-refractivity contribution < 1.29 is 0 Å². The topological polar surface area (TPSA) is 73.0 Å². The number of nitrogens with zero attached hydrogens (tertiary/aromatic N) is 5. The Kier molecular flexibility index (Phi) is 4.67. The van der Waals surface area contributed by atoms with Gasteiger partial charge in [0.05, 0.1) is 5.69 Å². The summed E-state index contributed by atoms with van der Waals surface area (Å²) in [6.45, 7) is 4.19. The van der Waals surface area contributed by atoms with Crippen LogP contribution in [0.25, 0.3) is 0 Å². The molecule has 2 aliphatic rings.